The Bertz CT molecular complexity index is 998. The van der Waals surface area contributed by atoms with Crippen LogP contribution in [0, 0.1) is 17.8 Å². The molecule has 0 saturated carbocycles. The monoisotopic (exact) mass is 432 g/mol. The standard InChI is InChI=1S/C26H32N4O2/c1-20-5-7-22(8-6-20)23(31)30-14-9-25(10-15-30)18-29(17-21-4-3-12-27-16-21)19-26(25)11-13-28(2)24(26)32/h3-8,12,16H,9-11,13-15,17-19H2,1-2H3. The third kappa shape index (κ3) is 3.41. The highest BCUT2D eigenvalue weighted by Crippen LogP contribution is 2.57. The molecule has 32 heavy (non-hydrogen) atoms. The predicted molar refractivity (Wildman–Crippen MR) is 123 cm³/mol. The number of aryl methyl sites for hydroxylation is 1. The van der Waals surface area contributed by atoms with Crippen molar-refractivity contribution in [1.29, 1.82) is 0 Å². The number of carbonyl (C=O) groups excluding carboxylic acids is 2. The van der Waals surface area contributed by atoms with Crippen LogP contribution in [0.3, 0.4) is 0 Å². The molecule has 3 aliphatic rings. The average molecular weight is 433 g/mol. The van der Waals surface area contributed by atoms with Gasteiger partial charge in [-0.25, -0.2) is 0 Å². The summed E-state index contributed by atoms with van der Waals surface area (Å²) in [5.41, 5.74) is 2.70. The second-order valence-electron chi connectivity index (χ2n) is 10.0. The molecule has 168 valence electrons. The lowest BCUT2D eigenvalue weighted by atomic mass is 9.60. The first-order chi connectivity index (χ1) is 15.4. The van der Waals surface area contributed by atoms with Crippen molar-refractivity contribution in [3.63, 3.8) is 0 Å². The SMILES string of the molecule is Cc1ccc(C(=O)N2CCC3(CC2)CN(Cc2cccnc2)CC32CCN(C)C2=O)cc1. The smallest absolute Gasteiger partial charge is 0.253 e. The van der Waals surface area contributed by atoms with Gasteiger partial charge in [0.2, 0.25) is 5.91 Å². The van der Waals surface area contributed by atoms with E-state index >= 15 is 0 Å². The van der Waals surface area contributed by atoms with E-state index in [-0.39, 0.29) is 16.7 Å². The van der Waals surface area contributed by atoms with Gasteiger partial charge in [-0.05, 0) is 49.9 Å². The third-order valence-electron chi connectivity index (χ3n) is 8.10. The largest absolute Gasteiger partial charge is 0.345 e. The van der Waals surface area contributed by atoms with Crippen LogP contribution in [-0.2, 0) is 11.3 Å². The second-order valence-corrected chi connectivity index (χ2v) is 10.0. The molecule has 2 amide bonds. The van der Waals surface area contributed by atoms with E-state index in [1.165, 1.54) is 5.56 Å². The van der Waals surface area contributed by atoms with E-state index in [9.17, 15) is 9.59 Å². The number of hydrogen-bond donors (Lipinski definition) is 0. The minimum Gasteiger partial charge on any atom is -0.345 e. The summed E-state index contributed by atoms with van der Waals surface area (Å²) in [5.74, 6) is 0.401. The molecule has 3 fully saturated rings. The number of rotatable bonds is 3. The minimum atomic E-state index is -0.330. The predicted octanol–water partition coefficient (Wildman–Crippen LogP) is 2.98. The van der Waals surface area contributed by atoms with Crippen molar-refractivity contribution < 1.29 is 9.59 Å². The van der Waals surface area contributed by atoms with Gasteiger partial charge in [-0.2, -0.15) is 0 Å². The number of piperidine rings is 1. The van der Waals surface area contributed by atoms with Gasteiger partial charge in [0.25, 0.3) is 5.91 Å². The molecule has 2 spiro atoms. The van der Waals surface area contributed by atoms with E-state index in [1.807, 2.05) is 60.3 Å². The van der Waals surface area contributed by atoms with Crippen molar-refractivity contribution in [1.82, 2.24) is 19.7 Å². The van der Waals surface area contributed by atoms with Crippen molar-refractivity contribution in [2.45, 2.75) is 32.7 Å². The summed E-state index contributed by atoms with van der Waals surface area (Å²) < 4.78 is 0. The molecule has 1 aromatic heterocycles. The fraction of sp³-hybridized carbons (Fsp3) is 0.500. The molecule has 1 atom stereocenters. The molecule has 4 heterocycles. The van der Waals surface area contributed by atoms with E-state index < -0.39 is 0 Å². The van der Waals surface area contributed by atoms with Crippen LogP contribution in [0.4, 0.5) is 0 Å². The Morgan fingerprint density at radius 2 is 1.78 bits per heavy atom. The van der Waals surface area contributed by atoms with E-state index in [2.05, 4.69) is 16.0 Å². The third-order valence-corrected chi connectivity index (χ3v) is 8.10. The molecule has 6 heteroatoms. The second kappa shape index (κ2) is 8.00. The summed E-state index contributed by atoms with van der Waals surface area (Å²) >= 11 is 0. The van der Waals surface area contributed by atoms with E-state index in [0.29, 0.717) is 19.0 Å². The lowest BCUT2D eigenvalue weighted by Gasteiger charge is -2.47. The zero-order valence-electron chi connectivity index (χ0n) is 19.1. The first-order valence-electron chi connectivity index (χ1n) is 11.7. The number of likely N-dealkylation sites (tertiary alicyclic amines) is 3. The quantitative estimate of drug-likeness (QED) is 0.748. The van der Waals surface area contributed by atoms with Crippen LogP contribution in [-0.4, -0.2) is 71.3 Å². The summed E-state index contributed by atoms with van der Waals surface area (Å²) in [4.78, 5) is 37.2. The van der Waals surface area contributed by atoms with Gasteiger partial charge in [0.15, 0.2) is 0 Å². The Morgan fingerprint density at radius 1 is 1.03 bits per heavy atom. The zero-order chi connectivity index (χ0) is 22.3. The molecule has 5 rings (SSSR count). The number of amides is 2. The van der Waals surface area contributed by atoms with Gasteiger partial charge in [-0.15, -0.1) is 0 Å². The molecule has 0 aliphatic carbocycles. The fourth-order valence-electron chi connectivity index (χ4n) is 6.27. The van der Waals surface area contributed by atoms with Crippen LogP contribution >= 0.6 is 0 Å². The van der Waals surface area contributed by atoms with Crippen LogP contribution in [0.1, 0.15) is 40.7 Å². The zero-order valence-corrected chi connectivity index (χ0v) is 19.1. The van der Waals surface area contributed by atoms with Crippen LogP contribution < -0.4 is 0 Å². The summed E-state index contributed by atoms with van der Waals surface area (Å²) in [6.07, 6.45) is 6.40. The Kier molecular flexibility index (Phi) is 5.28. The molecule has 1 aromatic carbocycles. The lowest BCUT2D eigenvalue weighted by Crippen LogP contribution is -2.53. The molecule has 0 N–H and O–H groups in total. The number of pyridine rings is 1. The maximum absolute atomic E-state index is 13.5. The fourth-order valence-corrected chi connectivity index (χ4v) is 6.27. The topological polar surface area (TPSA) is 56.8 Å². The van der Waals surface area contributed by atoms with Crippen LogP contribution in [0.25, 0.3) is 0 Å². The van der Waals surface area contributed by atoms with Gasteiger partial charge >= 0.3 is 0 Å². The maximum atomic E-state index is 13.5. The summed E-state index contributed by atoms with van der Waals surface area (Å²) in [6, 6.07) is 11.9. The highest BCUT2D eigenvalue weighted by molar-refractivity contribution is 5.94. The van der Waals surface area contributed by atoms with Crippen LogP contribution in [0.2, 0.25) is 0 Å². The molecule has 1 unspecified atom stereocenters. The van der Waals surface area contributed by atoms with E-state index in [4.69, 9.17) is 0 Å². The van der Waals surface area contributed by atoms with Crippen molar-refractivity contribution >= 4 is 11.8 Å². The van der Waals surface area contributed by atoms with Gasteiger partial charge < -0.3 is 9.80 Å². The molecule has 3 aliphatic heterocycles. The number of carbonyl (C=O) groups is 2. The number of benzene rings is 1. The molecule has 0 radical (unpaired) electrons. The molecular weight excluding hydrogens is 400 g/mol. The van der Waals surface area contributed by atoms with Crippen LogP contribution in [0.15, 0.2) is 48.8 Å². The van der Waals surface area contributed by atoms with Crippen molar-refractivity contribution in [3.05, 3.63) is 65.5 Å². The Hall–Kier alpha value is -2.73. The Labute approximate surface area is 190 Å². The van der Waals surface area contributed by atoms with E-state index in [0.717, 1.165) is 56.6 Å². The summed E-state index contributed by atoms with van der Waals surface area (Å²) in [7, 11) is 1.94. The highest BCUT2D eigenvalue weighted by atomic mass is 16.2. The van der Waals surface area contributed by atoms with Gasteiger partial charge in [-0.3, -0.25) is 19.5 Å². The van der Waals surface area contributed by atoms with Crippen molar-refractivity contribution in [2.24, 2.45) is 10.8 Å². The normalized spacial score (nSPS) is 25.2. The number of nitrogens with zero attached hydrogens (tertiary/aromatic N) is 4. The molecular formula is C26H32N4O2. The van der Waals surface area contributed by atoms with E-state index in [1.54, 1.807) is 6.20 Å². The summed E-state index contributed by atoms with van der Waals surface area (Å²) in [6.45, 7) is 6.82. The molecule has 3 saturated heterocycles. The lowest BCUT2D eigenvalue weighted by molar-refractivity contribution is -0.141. The van der Waals surface area contributed by atoms with Gasteiger partial charge in [0, 0.05) is 69.7 Å². The first-order valence-corrected chi connectivity index (χ1v) is 11.7. The average Bonchev–Trinajstić information content (AvgIpc) is 3.26. The van der Waals surface area contributed by atoms with Gasteiger partial charge in [-0.1, -0.05) is 23.8 Å². The van der Waals surface area contributed by atoms with Crippen LogP contribution in [0.5, 0.6) is 0 Å². The maximum Gasteiger partial charge on any atom is 0.253 e. The molecule has 0 bridgehead atoms. The molecule has 2 aromatic rings. The number of aromatic nitrogens is 1. The van der Waals surface area contributed by atoms with Crippen molar-refractivity contribution in [2.75, 3.05) is 39.8 Å². The molecule has 6 nitrogen and oxygen atoms in total. The minimum absolute atomic E-state index is 0.0683. The first kappa shape index (κ1) is 21.1. The van der Waals surface area contributed by atoms with Gasteiger partial charge in [0.1, 0.15) is 0 Å². The van der Waals surface area contributed by atoms with Crippen molar-refractivity contribution in [3.8, 4) is 0 Å². The summed E-state index contributed by atoms with van der Waals surface area (Å²) in [5, 5.41) is 0. The highest BCUT2D eigenvalue weighted by Gasteiger charge is 2.64. The number of fused-ring (bicyclic) bond motifs is 1. The number of hydrogen-bond acceptors (Lipinski definition) is 4. The Balaban J connectivity index is 1.36. The van der Waals surface area contributed by atoms with Gasteiger partial charge in [0.05, 0.1) is 5.41 Å². The Morgan fingerprint density at radius 3 is 2.41 bits per heavy atom.